The number of aryl methyl sites for hydroxylation is 2. The van der Waals surface area contributed by atoms with Gasteiger partial charge in [0.25, 0.3) is 0 Å². The highest BCUT2D eigenvalue weighted by Crippen LogP contribution is 2.28. The molecule has 0 radical (unpaired) electrons. The van der Waals surface area contributed by atoms with Crippen molar-refractivity contribution in [2.24, 2.45) is 0 Å². The molecule has 0 aromatic carbocycles. The smallest absolute Gasteiger partial charge is 0.412 e. The second kappa shape index (κ2) is 6.58. The molecule has 1 amide bonds. The molecule has 6 nitrogen and oxygen atoms in total. The number of aromatic nitrogens is 2. The molecule has 0 aliphatic rings. The van der Waals surface area contributed by atoms with E-state index >= 15 is 0 Å². The van der Waals surface area contributed by atoms with Crippen LogP contribution in [0.5, 0.6) is 0 Å². The van der Waals surface area contributed by atoms with Crippen LogP contribution in [0.4, 0.5) is 10.5 Å². The highest BCUT2D eigenvalue weighted by Gasteiger charge is 2.19. The van der Waals surface area contributed by atoms with E-state index in [4.69, 9.17) is 20.9 Å². The number of pyridine rings is 1. The molecule has 1 N–H and O–H groups in total. The van der Waals surface area contributed by atoms with Crippen molar-refractivity contribution in [2.45, 2.75) is 46.1 Å². The molecule has 0 aliphatic heterocycles. The number of hydrogen-bond donors (Lipinski definition) is 1. The fourth-order valence-electron chi connectivity index (χ4n) is 1.98. The topological polar surface area (TPSA) is 77.3 Å². The Hall–Kier alpha value is -2.08. The van der Waals surface area contributed by atoms with Crippen LogP contribution >= 0.6 is 11.6 Å². The maximum absolute atomic E-state index is 11.8. The van der Waals surface area contributed by atoms with Gasteiger partial charge in [0.05, 0.1) is 23.0 Å². The predicted octanol–water partition coefficient (Wildman–Crippen LogP) is 4.44. The molecule has 124 valence electrons. The SMILES string of the molecule is Cc1nc(-c2onc(C)c2CCl)ccc1NC(=O)OC(C)(C)C. The van der Waals surface area contributed by atoms with Crippen molar-refractivity contribution in [2.75, 3.05) is 5.32 Å². The summed E-state index contributed by atoms with van der Waals surface area (Å²) in [6.07, 6.45) is -0.521. The standard InChI is InChI=1S/C16H20ClN3O3/c1-9-11(8-17)14(23-20-9)13-7-6-12(10(2)18-13)19-15(21)22-16(3,4)5/h6-7H,8H2,1-5H3,(H,19,21). The highest BCUT2D eigenvalue weighted by atomic mass is 35.5. The van der Waals surface area contributed by atoms with Gasteiger partial charge in [-0.15, -0.1) is 11.6 Å². The number of rotatable bonds is 3. The molecule has 2 aromatic rings. The molecule has 2 rings (SSSR count). The normalized spacial score (nSPS) is 11.4. The first-order valence-corrected chi connectivity index (χ1v) is 7.74. The molecule has 7 heteroatoms. The van der Waals surface area contributed by atoms with Crippen LogP contribution in [0, 0.1) is 13.8 Å². The molecule has 2 aromatic heterocycles. The van der Waals surface area contributed by atoms with Gasteiger partial charge in [0.2, 0.25) is 0 Å². The van der Waals surface area contributed by atoms with Gasteiger partial charge in [0, 0.05) is 5.56 Å². The summed E-state index contributed by atoms with van der Waals surface area (Å²) in [4.78, 5) is 16.3. The van der Waals surface area contributed by atoms with Crippen LogP contribution in [-0.2, 0) is 10.6 Å². The van der Waals surface area contributed by atoms with Crippen molar-refractivity contribution in [3.8, 4) is 11.5 Å². The van der Waals surface area contributed by atoms with Crippen molar-refractivity contribution in [3.63, 3.8) is 0 Å². The van der Waals surface area contributed by atoms with Crippen molar-refractivity contribution in [3.05, 3.63) is 29.1 Å². The zero-order valence-electron chi connectivity index (χ0n) is 13.9. The summed E-state index contributed by atoms with van der Waals surface area (Å²) in [6.45, 7) is 9.04. The Morgan fingerprint density at radius 2 is 2.00 bits per heavy atom. The first-order valence-electron chi connectivity index (χ1n) is 7.20. The number of carbonyl (C=O) groups excluding carboxylic acids is 1. The molecule has 23 heavy (non-hydrogen) atoms. The minimum Gasteiger partial charge on any atom is -0.444 e. The number of nitrogens with zero attached hydrogens (tertiary/aromatic N) is 2. The Morgan fingerprint density at radius 1 is 1.30 bits per heavy atom. The van der Waals surface area contributed by atoms with Crippen LogP contribution in [0.2, 0.25) is 0 Å². The van der Waals surface area contributed by atoms with Crippen molar-refractivity contribution >= 4 is 23.4 Å². The van der Waals surface area contributed by atoms with Crippen molar-refractivity contribution in [1.82, 2.24) is 10.1 Å². The number of halogens is 1. The summed E-state index contributed by atoms with van der Waals surface area (Å²) in [7, 11) is 0. The van der Waals surface area contributed by atoms with E-state index in [2.05, 4.69) is 15.5 Å². The molecule has 0 saturated heterocycles. The summed E-state index contributed by atoms with van der Waals surface area (Å²) in [5, 5.41) is 6.60. The van der Waals surface area contributed by atoms with Crippen molar-refractivity contribution in [1.29, 1.82) is 0 Å². The lowest BCUT2D eigenvalue weighted by molar-refractivity contribution is 0.0635. The van der Waals surface area contributed by atoms with Gasteiger partial charge in [0.15, 0.2) is 5.76 Å². The maximum atomic E-state index is 11.8. The number of hydrogen-bond acceptors (Lipinski definition) is 5. The Labute approximate surface area is 140 Å². The van der Waals surface area contributed by atoms with Crippen LogP contribution in [0.15, 0.2) is 16.7 Å². The van der Waals surface area contributed by atoms with Gasteiger partial charge in [-0.1, -0.05) is 5.16 Å². The van der Waals surface area contributed by atoms with E-state index in [1.54, 1.807) is 39.8 Å². The number of nitrogens with one attached hydrogen (secondary N) is 1. The summed E-state index contributed by atoms with van der Waals surface area (Å²) >= 11 is 5.93. The van der Waals surface area contributed by atoms with Crippen LogP contribution in [0.1, 0.15) is 37.7 Å². The quantitative estimate of drug-likeness (QED) is 0.838. The summed E-state index contributed by atoms with van der Waals surface area (Å²) in [6, 6.07) is 3.49. The van der Waals surface area contributed by atoms with Gasteiger partial charge in [-0.25, -0.2) is 9.78 Å². The summed E-state index contributed by atoms with van der Waals surface area (Å²) in [5.41, 5.74) is 2.83. The van der Waals surface area contributed by atoms with Gasteiger partial charge in [-0.2, -0.15) is 0 Å². The molecular formula is C16H20ClN3O3. The first kappa shape index (κ1) is 17.3. The second-order valence-electron chi connectivity index (χ2n) is 6.17. The Balaban J connectivity index is 2.23. The third-order valence-electron chi connectivity index (χ3n) is 3.07. The number of amides is 1. The molecule has 0 aliphatic carbocycles. The Morgan fingerprint density at radius 3 is 2.57 bits per heavy atom. The van der Waals surface area contributed by atoms with E-state index < -0.39 is 11.7 Å². The number of ether oxygens (including phenoxy) is 1. The van der Waals surface area contributed by atoms with E-state index in [0.717, 1.165) is 11.3 Å². The highest BCUT2D eigenvalue weighted by molar-refractivity contribution is 6.17. The lowest BCUT2D eigenvalue weighted by atomic mass is 10.1. The average molecular weight is 338 g/mol. The molecule has 2 heterocycles. The van der Waals surface area contributed by atoms with Gasteiger partial charge < -0.3 is 9.26 Å². The fourth-order valence-corrected chi connectivity index (χ4v) is 2.30. The summed E-state index contributed by atoms with van der Waals surface area (Å²) < 4.78 is 10.5. The van der Waals surface area contributed by atoms with E-state index in [1.165, 1.54) is 0 Å². The number of carbonyl (C=O) groups is 1. The fraction of sp³-hybridized carbons (Fsp3) is 0.438. The van der Waals surface area contributed by atoms with Crippen LogP contribution < -0.4 is 5.32 Å². The largest absolute Gasteiger partial charge is 0.444 e. The molecule has 0 fully saturated rings. The van der Waals surface area contributed by atoms with Crippen LogP contribution in [0.3, 0.4) is 0 Å². The van der Waals surface area contributed by atoms with E-state index in [1.807, 2.05) is 6.92 Å². The summed E-state index contributed by atoms with van der Waals surface area (Å²) in [5.74, 6) is 0.841. The second-order valence-corrected chi connectivity index (χ2v) is 6.43. The molecular weight excluding hydrogens is 318 g/mol. The number of anilines is 1. The molecule has 0 unspecified atom stereocenters. The Kier molecular flexibility index (Phi) is 4.94. The van der Waals surface area contributed by atoms with E-state index in [9.17, 15) is 4.79 Å². The Bertz CT molecular complexity index is 720. The third-order valence-corrected chi connectivity index (χ3v) is 3.34. The van der Waals surface area contributed by atoms with Crippen LogP contribution in [-0.4, -0.2) is 21.8 Å². The monoisotopic (exact) mass is 337 g/mol. The average Bonchev–Trinajstić information content (AvgIpc) is 2.80. The third kappa shape index (κ3) is 4.22. The van der Waals surface area contributed by atoms with Crippen LogP contribution in [0.25, 0.3) is 11.5 Å². The lowest BCUT2D eigenvalue weighted by Gasteiger charge is -2.20. The lowest BCUT2D eigenvalue weighted by Crippen LogP contribution is -2.27. The zero-order chi connectivity index (χ0) is 17.2. The zero-order valence-corrected chi connectivity index (χ0v) is 14.6. The number of alkyl halides is 1. The minimum atomic E-state index is -0.558. The predicted molar refractivity (Wildman–Crippen MR) is 88.6 cm³/mol. The maximum Gasteiger partial charge on any atom is 0.412 e. The first-order chi connectivity index (χ1) is 10.7. The van der Waals surface area contributed by atoms with E-state index in [0.29, 0.717) is 28.7 Å². The molecule has 0 atom stereocenters. The van der Waals surface area contributed by atoms with Gasteiger partial charge >= 0.3 is 6.09 Å². The molecule has 0 bridgehead atoms. The van der Waals surface area contributed by atoms with Gasteiger partial charge in [-0.05, 0) is 46.8 Å². The van der Waals surface area contributed by atoms with Crippen molar-refractivity contribution < 1.29 is 14.1 Å². The van der Waals surface area contributed by atoms with Gasteiger partial charge in [-0.3, -0.25) is 5.32 Å². The molecule has 0 saturated carbocycles. The van der Waals surface area contributed by atoms with Gasteiger partial charge in [0.1, 0.15) is 11.3 Å². The molecule has 0 spiro atoms. The minimum absolute atomic E-state index is 0.295. The van der Waals surface area contributed by atoms with E-state index in [-0.39, 0.29) is 0 Å².